The van der Waals surface area contributed by atoms with Crippen molar-refractivity contribution in [1.82, 2.24) is 0 Å². The van der Waals surface area contributed by atoms with Gasteiger partial charge in [0.15, 0.2) is 6.61 Å². The number of halogens is 2. The number of primary sulfonamides is 1. The van der Waals surface area contributed by atoms with E-state index in [9.17, 15) is 26.8 Å². The number of ether oxygens (including phenoxy) is 1. The minimum Gasteiger partial charge on any atom is -0.452 e. The second kappa shape index (κ2) is 7.36. The average molecular weight is 370 g/mol. The fourth-order valence-electron chi connectivity index (χ4n) is 1.84. The number of carbonyl (C=O) groups is 2. The summed E-state index contributed by atoms with van der Waals surface area (Å²) in [5.41, 5.74) is -0.823. The van der Waals surface area contributed by atoms with Crippen molar-refractivity contribution < 1.29 is 31.5 Å². The van der Waals surface area contributed by atoms with Gasteiger partial charge in [-0.05, 0) is 30.3 Å². The van der Waals surface area contributed by atoms with Crippen molar-refractivity contribution in [1.29, 1.82) is 0 Å². The second-order valence-corrected chi connectivity index (χ2v) is 6.36. The lowest BCUT2D eigenvalue weighted by atomic mass is 10.2. The highest BCUT2D eigenvalue weighted by Gasteiger charge is 2.19. The van der Waals surface area contributed by atoms with Gasteiger partial charge in [0.1, 0.15) is 17.2 Å². The van der Waals surface area contributed by atoms with Gasteiger partial charge in [-0.2, -0.15) is 0 Å². The van der Waals surface area contributed by atoms with Gasteiger partial charge < -0.3 is 10.1 Å². The van der Waals surface area contributed by atoms with Crippen molar-refractivity contribution in [3.63, 3.8) is 0 Å². The van der Waals surface area contributed by atoms with E-state index in [2.05, 4.69) is 10.1 Å². The number of nitrogens with one attached hydrogen (secondary N) is 1. The third kappa shape index (κ3) is 4.81. The van der Waals surface area contributed by atoms with Crippen molar-refractivity contribution in [3.05, 3.63) is 59.7 Å². The number of sulfonamides is 1. The zero-order valence-corrected chi connectivity index (χ0v) is 13.3. The van der Waals surface area contributed by atoms with Crippen LogP contribution in [0.1, 0.15) is 10.4 Å². The summed E-state index contributed by atoms with van der Waals surface area (Å²) < 4.78 is 53.8. The van der Waals surface area contributed by atoms with E-state index in [1.807, 2.05) is 0 Å². The number of hydrogen-bond donors (Lipinski definition) is 2. The fourth-order valence-corrected chi connectivity index (χ4v) is 2.40. The molecule has 0 saturated heterocycles. The Morgan fingerprint density at radius 3 is 2.28 bits per heavy atom. The molecule has 10 heteroatoms. The van der Waals surface area contributed by atoms with E-state index in [-0.39, 0.29) is 10.6 Å². The molecule has 0 heterocycles. The van der Waals surface area contributed by atoms with E-state index in [0.717, 1.165) is 24.3 Å². The molecular weight excluding hydrogens is 358 g/mol. The molecular formula is C15H12F2N2O5S. The molecule has 0 saturated carbocycles. The van der Waals surface area contributed by atoms with E-state index in [0.29, 0.717) is 0 Å². The summed E-state index contributed by atoms with van der Waals surface area (Å²) in [5, 5.41) is 7.23. The summed E-state index contributed by atoms with van der Waals surface area (Å²) in [7, 11) is -3.95. The molecule has 25 heavy (non-hydrogen) atoms. The average Bonchev–Trinajstić information content (AvgIpc) is 2.52. The van der Waals surface area contributed by atoms with E-state index in [1.165, 1.54) is 18.2 Å². The molecule has 2 rings (SSSR count). The Kier molecular flexibility index (Phi) is 5.45. The van der Waals surface area contributed by atoms with Gasteiger partial charge in [-0.1, -0.05) is 12.1 Å². The molecule has 2 aromatic carbocycles. The van der Waals surface area contributed by atoms with Crippen LogP contribution in [-0.2, 0) is 19.6 Å². The molecule has 0 aromatic heterocycles. The number of hydrogen-bond acceptors (Lipinski definition) is 5. The first kappa shape index (κ1) is 18.5. The normalized spacial score (nSPS) is 11.0. The predicted octanol–water partition coefficient (Wildman–Crippen LogP) is 1.41. The monoisotopic (exact) mass is 370 g/mol. The minimum atomic E-state index is -3.95. The molecule has 0 fully saturated rings. The molecule has 0 atom stereocenters. The van der Waals surface area contributed by atoms with Gasteiger partial charge in [0.05, 0.1) is 4.90 Å². The Morgan fingerprint density at radius 1 is 1.08 bits per heavy atom. The SMILES string of the molecule is NS(=O)(=O)c1cccc(NC(=O)COC(=O)c2c(F)cccc2F)c1. The molecule has 3 N–H and O–H groups in total. The molecule has 0 bridgehead atoms. The van der Waals surface area contributed by atoms with Crippen LogP contribution >= 0.6 is 0 Å². The third-order valence-corrected chi connectivity index (χ3v) is 3.86. The lowest BCUT2D eigenvalue weighted by molar-refractivity contribution is -0.119. The van der Waals surface area contributed by atoms with Crippen LogP contribution < -0.4 is 10.5 Å². The number of anilines is 1. The highest BCUT2D eigenvalue weighted by atomic mass is 32.2. The van der Waals surface area contributed by atoms with E-state index < -0.39 is 45.7 Å². The maximum Gasteiger partial charge on any atom is 0.344 e. The zero-order chi connectivity index (χ0) is 18.6. The van der Waals surface area contributed by atoms with Gasteiger partial charge in [0, 0.05) is 5.69 Å². The molecule has 7 nitrogen and oxygen atoms in total. The van der Waals surface area contributed by atoms with Crippen LogP contribution in [0.25, 0.3) is 0 Å². The Morgan fingerprint density at radius 2 is 1.68 bits per heavy atom. The molecule has 0 radical (unpaired) electrons. The predicted molar refractivity (Wildman–Crippen MR) is 83.1 cm³/mol. The summed E-state index contributed by atoms with van der Waals surface area (Å²) in [6.45, 7) is -0.827. The molecule has 2 aromatic rings. The quantitative estimate of drug-likeness (QED) is 0.772. The third-order valence-electron chi connectivity index (χ3n) is 2.95. The van der Waals surface area contributed by atoms with E-state index >= 15 is 0 Å². The smallest absolute Gasteiger partial charge is 0.344 e. The molecule has 132 valence electrons. The van der Waals surface area contributed by atoms with Crippen molar-refractivity contribution in [3.8, 4) is 0 Å². The first-order valence-corrected chi connectivity index (χ1v) is 8.27. The molecule has 1 amide bonds. The summed E-state index contributed by atoms with van der Waals surface area (Å²) >= 11 is 0. The molecule has 0 aliphatic rings. The highest BCUT2D eigenvalue weighted by molar-refractivity contribution is 7.89. The highest BCUT2D eigenvalue weighted by Crippen LogP contribution is 2.15. The molecule has 0 aliphatic heterocycles. The largest absolute Gasteiger partial charge is 0.452 e. The first-order valence-electron chi connectivity index (χ1n) is 6.72. The van der Waals surface area contributed by atoms with Crippen LogP contribution in [-0.4, -0.2) is 26.9 Å². The van der Waals surface area contributed by atoms with E-state index in [1.54, 1.807) is 0 Å². The molecule has 0 spiro atoms. The first-order chi connectivity index (χ1) is 11.7. The summed E-state index contributed by atoms with van der Waals surface area (Å²) in [6, 6.07) is 7.88. The topological polar surface area (TPSA) is 116 Å². The Labute approximate surface area is 141 Å². The number of benzene rings is 2. The maximum absolute atomic E-state index is 13.4. The number of rotatable bonds is 5. The lowest BCUT2D eigenvalue weighted by Gasteiger charge is -2.08. The maximum atomic E-state index is 13.4. The van der Waals surface area contributed by atoms with Crippen LogP contribution in [0.15, 0.2) is 47.4 Å². The number of amides is 1. The Hall–Kier alpha value is -2.85. The Bertz CT molecular complexity index is 911. The van der Waals surface area contributed by atoms with Gasteiger partial charge in [0.25, 0.3) is 5.91 Å². The minimum absolute atomic E-state index is 0.0876. The summed E-state index contributed by atoms with van der Waals surface area (Å²) in [5.74, 6) is -4.42. The Balaban J connectivity index is 2.01. The van der Waals surface area contributed by atoms with Gasteiger partial charge in [-0.3, -0.25) is 4.79 Å². The second-order valence-electron chi connectivity index (χ2n) is 4.79. The van der Waals surface area contributed by atoms with Crippen molar-refractivity contribution in [2.75, 3.05) is 11.9 Å². The van der Waals surface area contributed by atoms with Crippen LogP contribution in [0.3, 0.4) is 0 Å². The zero-order valence-electron chi connectivity index (χ0n) is 12.5. The lowest BCUT2D eigenvalue weighted by Crippen LogP contribution is -2.22. The van der Waals surface area contributed by atoms with Crippen molar-refractivity contribution in [2.45, 2.75) is 4.90 Å². The van der Waals surface area contributed by atoms with Crippen LogP contribution in [0.5, 0.6) is 0 Å². The van der Waals surface area contributed by atoms with Crippen molar-refractivity contribution >= 4 is 27.6 Å². The van der Waals surface area contributed by atoms with Crippen LogP contribution in [0, 0.1) is 11.6 Å². The van der Waals surface area contributed by atoms with Crippen molar-refractivity contribution in [2.24, 2.45) is 5.14 Å². The standard InChI is InChI=1S/C15H12F2N2O5S/c16-11-5-2-6-12(17)14(11)15(21)24-8-13(20)19-9-3-1-4-10(7-9)25(18,22)23/h1-7H,8H2,(H,19,20)(H2,18,22,23). The van der Waals surface area contributed by atoms with Gasteiger partial charge in [-0.25, -0.2) is 27.1 Å². The number of esters is 1. The van der Waals surface area contributed by atoms with Gasteiger partial charge in [0.2, 0.25) is 10.0 Å². The molecule has 0 unspecified atom stereocenters. The van der Waals surface area contributed by atoms with Gasteiger partial charge in [-0.15, -0.1) is 0 Å². The van der Waals surface area contributed by atoms with E-state index in [4.69, 9.17) is 5.14 Å². The molecule has 0 aliphatic carbocycles. The van der Waals surface area contributed by atoms with Crippen LogP contribution in [0.2, 0.25) is 0 Å². The summed E-state index contributed by atoms with van der Waals surface area (Å²) in [4.78, 5) is 23.1. The number of carbonyl (C=O) groups excluding carboxylic acids is 2. The number of nitrogens with two attached hydrogens (primary N) is 1. The van der Waals surface area contributed by atoms with Crippen LogP contribution in [0.4, 0.5) is 14.5 Å². The van der Waals surface area contributed by atoms with Gasteiger partial charge >= 0.3 is 5.97 Å². The summed E-state index contributed by atoms with van der Waals surface area (Å²) in [6.07, 6.45) is 0. The fraction of sp³-hybridized carbons (Fsp3) is 0.0667.